The summed E-state index contributed by atoms with van der Waals surface area (Å²) >= 11 is 5.98. The molecule has 0 aromatic heterocycles. The van der Waals surface area contributed by atoms with Crippen LogP contribution in [0.4, 0.5) is 0 Å². The summed E-state index contributed by atoms with van der Waals surface area (Å²) < 4.78 is 40.3. The van der Waals surface area contributed by atoms with Gasteiger partial charge in [-0.2, -0.15) is 8.42 Å². The van der Waals surface area contributed by atoms with E-state index in [4.69, 9.17) is 25.3 Å². The van der Waals surface area contributed by atoms with Crippen LogP contribution in [0.1, 0.15) is 5.56 Å². The first-order valence-corrected chi connectivity index (χ1v) is 8.08. The van der Waals surface area contributed by atoms with Crippen LogP contribution in [0.15, 0.2) is 41.3 Å². The lowest BCUT2D eigenvalue weighted by Gasteiger charge is -2.13. The number of hydrogen-bond acceptors (Lipinski definition) is 5. The zero-order valence-electron chi connectivity index (χ0n) is 12.3. The smallest absolute Gasteiger partial charge is 0.343 e. The van der Waals surface area contributed by atoms with Crippen molar-refractivity contribution in [1.29, 1.82) is 0 Å². The van der Waals surface area contributed by atoms with E-state index in [-0.39, 0.29) is 21.4 Å². The number of hydrogen-bond donors (Lipinski definition) is 0. The van der Waals surface area contributed by atoms with Gasteiger partial charge in [0.05, 0.1) is 19.2 Å². The van der Waals surface area contributed by atoms with Crippen molar-refractivity contribution in [3.8, 4) is 17.2 Å². The standard InChI is InChI=1S/C15H15ClO5S/c1-10-4-6-12(16)14(8-10)21-22(17,18)15-9-11(19-2)5-7-13(15)20-3/h4-9H,1-3H3. The number of ether oxygens (including phenoxy) is 2. The van der Waals surface area contributed by atoms with E-state index in [1.165, 1.54) is 26.4 Å². The predicted molar refractivity (Wildman–Crippen MR) is 83.5 cm³/mol. The largest absolute Gasteiger partial charge is 0.497 e. The topological polar surface area (TPSA) is 61.8 Å². The van der Waals surface area contributed by atoms with Crippen molar-refractivity contribution in [3.63, 3.8) is 0 Å². The molecule has 118 valence electrons. The molecule has 0 fully saturated rings. The highest BCUT2D eigenvalue weighted by molar-refractivity contribution is 7.87. The van der Waals surface area contributed by atoms with E-state index >= 15 is 0 Å². The molecule has 0 heterocycles. The summed E-state index contributed by atoms with van der Waals surface area (Å²) in [6, 6.07) is 9.30. The van der Waals surface area contributed by atoms with Gasteiger partial charge in [-0.25, -0.2) is 0 Å². The summed E-state index contributed by atoms with van der Waals surface area (Å²) in [5.41, 5.74) is 0.826. The molecule has 0 aliphatic rings. The first-order chi connectivity index (χ1) is 10.4. The second kappa shape index (κ2) is 6.46. The molecule has 0 aliphatic carbocycles. The van der Waals surface area contributed by atoms with Gasteiger partial charge in [-0.15, -0.1) is 0 Å². The van der Waals surface area contributed by atoms with Gasteiger partial charge >= 0.3 is 10.1 Å². The van der Waals surface area contributed by atoms with Crippen LogP contribution in [0, 0.1) is 6.92 Å². The third-order valence-electron chi connectivity index (χ3n) is 2.93. The summed E-state index contributed by atoms with van der Waals surface area (Å²) in [5, 5.41) is 0.205. The minimum absolute atomic E-state index is 0.0616. The van der Waals surface area contributed by atoms with Crippen molar-refractivity contribution in [1.82, 2.24) is 0 Å². The van der Waals surface area contributed by atoms with E-state index in [0.717, 1.165) is 5.56 Å². The Morgan fingerprint density at radius 1 is 0.955 bits per heavy atom. The maximum atomic E-state index is 12.5. The quantitative estimate of drug-likeness (QED) is 0.779. The molecule has 0 unspecified atom stereocenters. The number of rotatable bonds is 5. The molecule has 2 aromatic carbocycles. The molecule has 7 heteroatoms. The zero-order chi connectivity index (χ0) is 16.3. The van der Waals surface area contributed by atoms with Gasteiger partial charge in [0, 0.05) is 6.07 Å². The van der Waals surface area contributed by atoms with Crippen molar-refractivity contribution < 1.29 is 22.1 Å². The normalized spacial score (nSPS) is 11.1. The number of aryl methyl sites for hydroxylation is 1. The number of benzene rings is 2. The monoisotopic (exact) mass is 342 g/mol. The summed E-state index contributed by atoms with van der Waals surface area (Å²) in [4.78, 5) is -0.132. The Balaban J connectivity index is 2.48. The summed E-state index contributed by atoms with van der Waals surface area (Å²) in [6.45, 7) is 1.81. The third kappa shape index (κ3) is 3.45. The molecule has 0 N–H and O–H groups in total. The zero-order valence-corrected chi connectivity index (χ0v) is 13.9. The average molecular weight is 343 g/mol. The van der Waals surface area contributed by atoms with Crippen molar-refractivity contribution in [3.05, 3.63) is 47.0 Å². The molecule has 2 aromatic rings. The fourth-order valence-electron chi connectivity index (χ4n) is 1.82. The lowest BCUT2D eigenvalue weighted by molar-refractivity contribution is 0.388. The van der Waals surface area contributed by atoms with Gasteiger partial charge in [0.25, 0.3) is 0 Å². The molecule has 2 rings (SSSR count). The van der Waals surface area contributed by atoms with E-state index in [1.807, 2.05) is 6.92 Å². The van der Waals surface area contributed by atoms with E-state index in [0.29, 0.717) is 5.75 Å². The van der Waals surface area contributed by atoms with E-state index < -0.39 is 10.1 Å². The molecule has 0 radical (unpaired) electrons. The summed E-state index contributed by atoms with van der Waals surface area (Å²) in [6.07, 6.45) is 0. The Morgan fingerprint density at radius 3 is 2.32 bits per heavy atom. The Kier molecular flexibility index (Phi) is 4.83. The van der Waals surface area contributed by atoms with Gasteiger partial charge in [-0.1, -0.05) is 17.7 Å². The first kappa shape index (κ1) is 16.5. The van der Waals surface area contributed by atoms with Gasteiger partial charge in [0.2, 0.25) is 0 Å². The molecule has 0 saturated carbocycles. The van der Waals surface area contributed by atoms with E-state index in [1.54, 1.807) is 24.3 Å². The van der Waals surface area contributed by atoms with Crippen LogP contribution in [0.25, 0.3) is 0 Å². The van der Waals surface area contributed by atoms with Crippen molar-refractivity contribution >= 4 is 21.7 Å². The fourth-order valence-corrected chi connectivity index (χ4v) is 3.14. The maximum Gasteiger partial charge on any atom is 0.343 e. The van der Waals surface area contributed by atoms with Gasteiger partial charge in [-0.05, 0) is 36.8 Å². The van der Waals surface area contributed by atoms with Crippen molar-refractivity contribution in [2.24, 2.45) is 0 Å². The fraction of sp³-hybridized carbons (Fsp3) is 0.200. The van der Waals surface area contributed by atoms with Crippen LogP contribution >= 0.6 is 11.6 Å². The number of halogens is 1. The second-order valence-electron chi connectivity index (χ2n) is 4.49. The van der Waals surface area contributed by atoms with Gasteiger partial charge in [0.1, 0.15) is 11.5 Å². The van der Waals surface area contributed by atoms with E-state index in [2.05, 4.69) is 0 Å². The number of methoxy groups -OCH3 is 2. The molecule has 5 nitrogen and oxygen atoms in total. The molecular formula is C15H15ClO5S. The van der Waals surface area contributed by atoms with Gasteiger partial charge in [0.15, 0.2) is 10.6 Å². The van der Waals surface area contributed by atoms with Crippen LogP contribution in [-0.2, 0) is 10.1 Å². The highest BCUT2D eigenvalue weighted by Gasteiger charge is 2.24. The second-order valence-corrected chi connectivity index (χ2v) is 6.41. The molecule has 0 aliphatic heterocycles. The lowest BCUT2D eigenvalue weighted by atomic mass is 10.2. The van der Waals surface area contributed by atoms with Crippen LogP contribution < -0.4 is 13.7 Å². The van der Waals surface area contributed by atoms with Crippen LogP contribution in [0.5, 0.6) is 17.2 Å². The molecule has 0 saturated heterocycles. The van der Waals surface area contributed by atoms with Gasteiger partial charge < -0.3 is 13.7 Å². The van der Waals surface area contributed by atoms with Crippen LogP contribution in [-0.4, -0.2) is 22.6 Å². The summed E-state index contributed by atoms with van der Waals surface area (Å²) in [7, 11) is -1.30. The SMILES string of the molecule is COc1ccc(OC)c(S(=O)(=O)Oc2cc(C)ccc2Cl)c1. The minimum Gasteiger partial charge on any atom is -0.497 e. The molecule has 0 atom stereocenters. The predicted octanol–water partition coefficient (Wildman–Crippen LogP) is 3.43. The average Bonchev–Trinajstić information content (AvgIpc) is 2.50. The summed E-state index contributed by atoms with van der Waals surface area (Å²) in [5.74, 6) is 0.592. The molecule has 0 amide bonds. The Bertz CT molecular complexity index is 787. The minimum atomic E-state index is -4.12. The Morgan fingerprint density at radius 2 is 1.68 bits per heavy atom. The molecule has 0 spiro atoms. The molecule has 0 bridgehead atoms. The lowest BCUT2D eigenvalue weighted by Crippen LogP contribution is -2.11. The van der Waals surface area contributed by atoms with Crippen LogP contribution in [0.2, 0.25) is 5.02 Å². The van der Waals surface area contributed by atoms with E-state index in [9.17, 15) is 8.42 Å². The third-order valence-corrected chi connectivity index (χ3v) is 4.50. The van der Waals surface area contributed by atoms with Crippen LogP contribution in [0.3, 0.4) is 0 Å². The Hall–Kier alpha value is -1.92. The van der Waals surface area contributed by atoms with Gasteiger partial charge in [-0.3, -0.25) is 0 Å². The molecular weight excluding hydrogens is 328 g/mol. The van der Waals surface area contributed by atoms with Crippen molar-refractivity contribution in [2.75, 3.05) is 14.2 Å². The first-order valence-electron chi connectivity index (χ1n) is 6.30. The molecule has 22 heavy (non-hydrogen) atoms. The highest BCUT2D eigenvalue weighted by atomic mass is 35.5. The highest BCUT2D eigenvalue weighted by Crippen LogP contribution is 2.33. The van der Waals surface area contributed by atoms with Crippen molar-refractivity contribution in [2.45, 2.75) is 11.8 Å². The Labute approximate surface area is 134 Å². The maximum absolute atomic E-state index is 12.5.